The number of aromatic nitrogens is 1. The second kappa shape index (κ2) is 6.69. The first-order chi connectivity index (χ1) is 8.90. The van der Waals surface area contributed by atoms with Crippen LogP contribution in [0.3, 0.4) is 0 Å². The van der Waals surface area contributed by atoms with E-state index in [1.54, 1.807) is 0 Å². The molecule has 1 atom stereocenters. The van der Waals surface area contributed by atoms with Crippen LogP contribution in [-0.4, -0.2) is 39.1 Å². The van der Waals surface area contributed by atoms with Crippen molar-refractivity contribution in [1.29, 1.82) is 0 Å². The highest BCUT2D eigenvalue weighted by Crippen LogP contribution is 2.06. The highest BCUT2D eigenvalue weighted by Gasteiger charge is 2.21. The number of rotatable bonds is 6. The summed E-state index contributed by atoms with van der Waals surface area (Å²) in [5.74, 6) is -3.08. The van der Waals surface area contributed by atoms with E-state index in [9.17, 15) is 14.4 Å². The van der Waals surface area contributed by atoms with E-state index in [1.807, 2.05) is 0 Å². The third-order valence-corrected chi connectivity index (χ3v) is 2.46. The average molecular weight is 287 g/mol. The topological polar surface area (TPSA) is 117 Å². The van der Waals surface area contributed by atoms with Gasteiger partial charge in [0.1, 0.15) is 11.2 Å². The molecule has 0 aromatic carbocycles. The Balaban J connectivity index is 2.68. The molecular formula is C11H11ClN2O5. The molecule has 0 aliphatic rings. The van der Waals surface area contributed by atoms with Crippen LogP contribution in [0.25, 0.3) is 0 Å². The second-order valence-electron chi connectivity index (χ2n) is 3.67. The molecule has 0 saturated heterocycles. The summed E-state index contributed by atoms with van der Waals surface area (Å²) in [6, 6.07) is 1.52. The Morgan fingerprint density at radius 1 is 1.32 bits per heavy atom. The number of nitrogens with zero attached hydrogens (tertiary/aromatic N) is 1. The molecule has 3 N–H and O–H groups in total. The van der Waals surface area contributed by atoms with E-state index in [2.05, 4.69) is 10.3 Å². The fraction of sp³-hybridized carbons (Fsp3) is 0.273. The van der Waals surface area contributed by atoms with Gasteiger partial charge in [0, 0.05) is 12.6 Å². The fourth-order valence-corrected chi connectivity index (χ4v) is 1.39. The van der Waals surface area contributed by atoms with Crippen molar-refractivity contribution in [2.24, 2.45) is 0 Å². The average Bonchev–Trinajstić information content (AvgIpc) is 2.34. The number of aliphatic carboxylic acids is 2. The molecular weight excluding hydrogens is 276 g/mol. The van der Waals surface area contributed by atoms with Crippen molar-refractivity contribution in [2.45, 2.75) is 18.9 Å². The molecule has 19 heavy (non-hydrogen) atoms. The number of amides is 1. The zero-order chi connectivity index (χ0) is 14.4. The van der Waals surface area contributed by atoms with Crippen LogP contribution in [0.5, 0.6) is 0 Å². The third kappa shape index (κ3) is 4.92. The van der Waals surface area contributed by atoms with E-state index in [1.165, 1.54) is 18.3 Å². The number of carbonyl (C=O) groups is 3. The number of pyridine rings is 1. The molecule has 0 fully saturated rings. The van der Waals surface area contributed by atoms with Gasteiger partial charge in [-0.15, -0.1) is 0 Å². The van der Waals surface area contributed by atoms with E-state index < -0.39 is 23.9 Å². The summed E-state index contributed by atoms with van der Waals surface area (Å²) < 4.78 is 0. The molecule has 102 valence electrons. The molecule has 0 spiro atoms. The minimum atomic E-state index is -1.29. The summed E-state index contributed by atoms with van der Waals surface area (Å²) >= 11 is 5.55. The van der Waals surface area contributed by atoms with Gasteiger partial charge in [0.05, 0.1) is 5.56 Å². The Bertz CT molecular complexity index is 488. The van der Waals surface area contributed by atoms with Crippen molar-refractivity contribution in [3.8, 4) is 0 Å². The smallest absolute Gasteiger partial charge is 0.326 e. The summed E-state index contributed by atoms with van der Waals surface area (Å²) in [7, 11) is 0. The minimum absolute atomic E-state index is 0.144. The van der Waals surface area contributed by atoms with Gasteiger partial charge in [-0.3, -0.25) is 9.59 Å². The number of hydrogen-bond donors (Lipinski definition) is 3. The van der Waals surface area contributed by atoms with Gasteiger partial charge in [-0.2, -0.15) is 0 Å². The molecule has 0 saturated carbocycles. The molecule has 1 aromatic heterocycles. The summed E-state index contributed by atoms with van der Waals surface area (Å²) in [6.45, 7) is 0. The van der Waals surface area contributed by atoms with Crippen molar-refractivity contribution in [3.05, 3.63) is 29.0 Å². The van der Waals surface area contributed by atoms with Crippen LogP contribution in [0.2, 0.25) is 5.15 Å². The van der Waals surface area contributed by atoms with Gasteiger partial charge in [-0.1, -0.05) is 11.6 Å². The lowest BCUT2D eigenvalue weighted by Gasteiger charge is -2.13. The molecule has 0 aliphatic carbocycles. The van der Waals surface area contributed by atoms with E-state index in [0.29, 0.717) is 0 Å². The lowest BCUT2D eigenvalue weighted by atomic mass is 10.1. The van der Waals surface area contributed by atoms with Crippen molar-refractivity contribution >= 4 is 29.4 Å². The molecule has 1 rings (SSSR count). The quantitative estimate of drug-likeness (QED) is 0.665. The largest absolute Gasteiger partial charge is 0.481 e. The van der Waals surface area contributed by atoms with Gasteiger partial charge in [0.15, 0.2) is 0 Å². The van der Waals surface area contributed by atoms with Gasteiger partial charge < -0.3 is 15.5 Å². The van der Waals surface area contributed by atoms with Crippen LogP contribution >= 0.6 is 11.6 Å². The molecule has 1 amide bonds. The highest BCUT2D eigenvalue weighted by molar-refractivity contribution is 6.29. The van der Waals surface area contributed by atoms with E-state index in [-0.39, 0.29) is 23.6 Å². The van der Waals surface area contributed by atoms with Crippen molar-refractivity contribution < 1.29 is 24.6 Å². The maximum atomic E-state index is 11.7. The van der Waals surface area contributed by atoms with Crippen LogP contribution in [0.15, 0.2) is 18.3 Å². The summed E-state index contributed by atoms with van der Waals surface area (Å²) in [5, 5.41) is 19.8. The van der Waals surface area contributed by atoms with E-state index >= 15 is 0 Å². The van der Waals surface area contributed by atoms with Crippen LogP contribution in [0.4, 0.5) is 0 Å². The minimum Gasteiger partial charge on any atom is -0.481 e. The SMILES string of the molecule is O=C(O)CCC(NC(=O)c1ccc(Cl)nc1)C(=O)O. The molecule has 1 aromatic rings. The highest BCUT2D eigenvalue weighted by atomic mass is 35.5. The Labute approximate surface area is 113 Å². The first-order valence-corrected chi connectivity index (χ1v) is 5.65. The van der Waals surface area contributed by atoms with Crippen LogP contribution in [0.1, 0.15) is 23.2 Å². The van der Waals surface area contributed by atoms with Crippen molar-refractivity contribution in [1.82, 2.24) is 10.3 Å². The van der Waals surface area contributed by atoms with Crippen molar-refractivity contribution in [2.75, 3.05) is 0 Å². The summed E-state index contributed by atoms with van der Waals surface area (Å²) in [5.41, 5.74) is 0.144. The molecule has 7 nitrogen and oxygen atoms in total. The Morgan fingerprint density at radius 2 is 2.00 bits per heavy atom. The zero-order valence-corrected chi connectivity index (χ0v) is 10.4. The van der Waals surface area contributed by atoms with Crippen molar-refractivity contribution in [3.63, 3.8) is 0 Å². The van der Waals surface area contributed by atoms with Crippen LogP contribution < -0.4 is 5.32 Å². The van der Waals surface area contributed by atoms with E-state index in [0.717, 1.165) is 0 Å². The molecule has 0 aliphatic heterocycles. The Kier molecular flexibility index (Phi) is 5.25. The standard InChI is InChI=1S/C11H11ClN2O5/c12-8-3-1-6(5-13-8)10(17)14-7(11(18)19)2-4-9(15)16/h1,3,5,7H,2,4H2,(H,14,17)(H,15,16)(H,18,19). The fourth-order valence-electron chi connectivity index (χ4n) is 1.28. The van der Waals surface area contributed by atoms with Crippen LogP contribution in [-0.2, 0) is 9.59 Å². The Morgan fingerprint density at radius 3 is 2.47 bits per heavy atom. The Hall–Kier alpha value is -2.15. The van der Waals surface area contributed by atoms with Crippen LogP contribution in [0, 0.1) is 0 Å². The van der Waals surface area contributed by atoms with Gasteiger partial charge >= 0.3 is 11.9 Å². The first-order valence-electron chi connectivity index (χ1n) is 5.27. The third-order valence-electron chi connectivity index (χ3n) is 2.24. The number of halogens is 1. The maximum absolute atomic E-state index is 11.7. The van der Waals surface area contributed by atoms with Gasteiger partial charge in [-0.05, 0) is 18.6 Å². The predicted octanol–water partition coefficient (Wildman–Crippen LogP) is 0.783. The molecule has 0 bridgehead atoms. The molecule has 8 heteroatoms. The first kappa shape index (κ1) is 14.9. The molecule has 0 radical (unpaired) electrons. The lowest BCUT2D eigenvalue weighted by Crippen LogP contribution is -2.41. The summed E-state index contributed by atoms with van der Waals surface area (Å²) in [4.78, 5) is 36.7. The monoisotopic (exact) mass is 286 g/mol. The zero-order valence-electron chi connectivity index (χ0n) is 9.67. The number of carbonyl (C=O) groups excluding carboxylic acids is 1. The second-order valence-corrected chi connectivity index (χ2v) is 4.05. The molecule has 1 heterocycles. The van der Waals surface area contributed by atoms with Gasteiger partial charge in [0.2, 0.25) is 0 Å². The number of hydrogen-bond acceptors (Lipinski definition) is 4. The number of carboxylic acids is 2. The van der Waals surface area contributed by atoms with E-state index in [4.69, 9.17) is 21.8 Å². The number of carboxylic acid groups (broad SMARTS) is 2. The lowest BCUT2D eigenvalue weighted by molar-refractivity contribution is -0.140. The normalized spacial score (nSPS) is 11.6. The predicted molar refractivity (Wildman–Crippen MR) is 65.0 cm³/mol. The van der Waals surface area contributed by atoms with Gasteiger partial charge in [0.25, 0.3) is 5.91 Å². The maximum Gasteiger partial charge on any atom is 0.326 e. The summed E-state index contributed by atoms with van der Waals surface area (Å²) in [6.07, 6.45) is 0.654. The number of nitrogens with one attached hydrogen (secondary N) is 1. The molecule has 1 unspecified atom stereocenters. The van der Waals surface area contributed by atoms with Gasteiger partial charge in [-0.25, -0.2) is 9.78 Å².